The minimum absolute atomic E-state index is 0.255. The molecule has 0 amide bonds. The van der Waals surface area contributed by atoms with Crippen molar-refractivity contribution in [1.82, 2.24) is 10.2 Å². The van der Waals surface area contributed by atoms with Gasteiger partial charge < -0.3 is 14.9 Å². The lowest BCUT2D eigenvalue weighted by molar-refractivity contribution is 0.317. The highest BCUT2D eigenvalue weighted by atomic mass is 16.5. The molecule has 1 heterocycles. The van der Waals surface area contributed by atoms with E-state index >= 15 is 0 Å². The van der Waals surface area contributed by atoms with E-state index in [1.165, 1.54) is 0 Å². The third-order valence-electron chi connectivity index (χ3n) is 2.22. The molecule has 5 nitrogen and oxygen atoms in total. The molecular formula is C12H15N3O2. The van der Waals surface area contributed by atoms with Crippen molar-refractivity contribution in [3.8, 4) is 17.2 Å². The fraction of sp³-hybridized carbons (Fsp3) is 0.333. The summed E-state index contributed by atoms with van der Waals surface area (Å²) in [5.74, 6) is 1.76. The Kier molecular flexibility index (Phi) is 3.72. The van der Waals surface area contributed by atoms with Gasteiger partial charge in [0.2, 0.25) is 11.8 Å². The van der Waals surface area contributed by atoms with Crippen molar-refractivity contribution in [2.75, 3.05) is 6.61 Å². The van der Waals surface area contributed by atoms with E-state index in [1.807, 2.05) is 24.3 Å². The number of ether oxygens (including phenoxy) is 1. The summed E-state index contributed by atoms with van der Waals surface area (Å²) in [6, 6.07) is 7.55. The number of rotatable bonds is 5. The summed E-state index contributed by atoms with van der Waals surface area (Å²) < 4.78 is 10.8. The van der Waals surface area contributed by atoms with Gasteiger partial charge in [-0.3, -0.25) is 0 Å². The second-order valence-corrected chi connectivity index (χ2v) is 3.58. The molecular weight excluding hydrogens is 218 g/mol. The summed E-state index contributed by atoms with van der Waals surface area (Å²) in [6.07, 6.45) is 0.991. The zero-order valence-electron chi connectivity index (χ0n) is 9.72. The number of nitrogens with two attached hydrogens (primary N) is 1. The van der Waals surface area contributed by atoms with Crippen LogP contribution in [-0.2, 0) is 6.54 Å². The van der Waals surface area contributed by atoms with E-state index in [2.05, 4.69) is 17.1 Å². The summed E-state index contributed by atoms with van der Waals surface area (Å²) >= 11 is 0. The van der Waals surface area contributed by atoms with E-state index < -0.39 is 0 Å². The molecule has 0 saturated heterocycles. The highest BCUT2D eigenvalue weighted by molar-refractivity contribution is 5.53. The van der Waals surface area contributed by atoms with E-state index in [0.717, 1.165) is 24.3 Å². The fourth-order valence-electron chi connectivity index (χ4n) is 1.37. The van der Waals surface area contributed by atoms with Gasteiger partial charge in [0.1, 0.15) is 5.75 Å². The Morgan fingerprint density at radius 3 is 2.59 bits per heavy atom. The van der Waals surface area contributed by atoms with Gasteiger partial charge in [0.15, 0.2) is 0 Å². The number of hydrogen-bond acceptors (Lipinski definition) is 5. The van der Waals surface area contributed by atoms with E-state index in [9.17, 15) is 0 Å². The van der Waals surface area contributed by atoms with Crippen LogP contribution in [0, 0.1) is 0 Å². The smallest absolute Gasteiger partial charge is 0.247 e. The van der Waals surface area contributed by atoms with Gasteiger partial charge in [-0.15, -0.1) is 10.2 Å². The van der Waals surface area contributed by atoms with Gasteiger partial charge in [0.25, 0.3) is 0 Å². The molecule has 90 valence electrons. The predicted molar refractivity (Wildman–Crippen MR) is 63.4 cm³/mol. The lowest BCUT2D eigenvalue weighted by Crippen LogP contribution is -1.95. The van der Waals surface area contributed by atoms with E-state index in [1.54, 1.807) is 0 Å². The first-order valence-electron chi connectivity index (χ1n) is 5.59. The average molecular weight is 233 g/mol. The zero-order valence-corrected chi connectivity index (χ0v) is 9.72. The molecule has 0 unspecified atom stereocenters. The van der Waals surface area contributed by atoms with Crippen LogP contribution in [0.1, 0.15) is 19.2 Å². The van der Waals surface area contributed by atoms with Crippen LogP contribution >= 0.6 is 0 Å². The predicted octanol–water partition coefficient (Wildman–Crippen LogP) is 1.98. The SMILES string of the molecule is CCCOc1ccc(-c2nnc(CN)o2)cc1. The van der Waals surface area contributed by atoms with Crippen molar-refractivity contribution < 1.29 is 9.15 Å². The number of hydrogen-bond donors (Lipinski definition) is 1. The maximum Gasteiger partial charge on any atom is 0.247 e. The molecule has 2 rings (SSSR count). The Bertz CT molecular complexity index is 465. The van der Waals surface area contributed by atoms with Crippen molar-refractivity contribution in [2.24, 2.45) is 5.73 Å². The van der Waals surface area contributed by atoms with Crippen LogP contribution in [0.4, 0.5) is 0 Å². The van der Waals surface area contributed by atoms with Gasteiger partial charge in [-0.2, -0.15) is 0 Å². The minimum atomic E-state index is 0.255. The molecule has 0 aliphatic carbocycles. The van der Waals surface area contributed by atoms with Crippen LogP contribution in [0.3, 0.4) is 0 Å². The molecule has 1 aromatic heterocycles. The fourth-order valence-corrected chi connectivity index (χ4v) is 1.37. The molecule has 2 N–H and O–H groups in total. The van der Waals surface area contributed by atoms with Crippen molar-refractivity contribution >= 4 is 0 Å². The van der Waals surface area contributed by atoms with Crippen molar-refractivity contribution in [3.63, 3.8) is 0 Å². The van der Waals surface area contributed by atoms with Crippen molar-refractivity contribution in [2.45, 2.75) is 19.9 Å². The molecule has 17 heavy (non-hydrogen) atoms. The normalized spacial score (nSPS) is 10.5. The lowest BCUT2D eigenvalue weighted by atomic mass is 10.2. The molecule has 0 spiro atoms. The number of benzene rings is 1. The number of aromatic nitrogens is 2. The minimum Gasteiger partial charge on any atom is -0.494 e. The Balaban J connectivity index is 2.11. The van der Waals surface area contributed by atoms with Gasteiger partial charge >= 0.3 is 0 Å². The van der Waals surface area contributed by atoms with Gasteiger partial charge in [-0.05, 0) is 30.7 Å². The second-order valence-electron chi connectivity index (χ2n) is 3.58. The molecule has 5 heteroatoms. The third-order valence-corrected chi connectivity index (χ3v) is 2.22. The average Bonchev–Trinajstić information content (AvgIpc) is 2.86. The van der Waals surface area contributed by atoms with Crippen molar-refractivity contribution in [3.05, 3.63) is 30.2 Å². The summed E-state index contributed by atoms with van der Waals surface area (Å²) in [7, 11) is 0. The standard InChI is InChI=1S/C12H15N3O2/c1-2-7-16-10-5-3-9(4-6-10)12-15-14-11(8-13)17-12/h3-6H,2,7-8,13H2,1H3. The first-order chi connectivity index (χ1) is 8.33. The molecule has 0 radical (unpaired) electrons. The van der Waals surface area contributed by atoms with Crippen LogP contribution in [0.25, 0.3) is 11.5 Å². The Morgan fingerprint density at radius 2 is 2.00 bits per heavy atom. The maximum atomic E-state index is 5.49. The summed E-state index contributed by atoms with van der Waals surface area (Å²) in [4.78, 5) is 0. The van der Waals surface area contributed by atoms with Crippen LogP contribution in [0.2, 0.25) is 0 Å². The monoisotopic (exact) mass is 233 g/mol. The first kappa shape index (κ1) is 11.6. The molecule has 1 aromatic carbocycles. The summed E-state index contributed by atoms with van der Waals surface area (Å²) in [5.41, 5.74) is 6.27. The van der Waals surface area contributed by atoms with Crippen LogP contribution < -0.4 is 10.5 Å². The highest BCUT2D eigenvalue weighted by Gasteiger charge is 2.07. The van der Waals surface area contributed by atoms with Crippen LogP contribution in [-0.4, -0.2) is 16.8 Å². The van der Waals surface area contributed by atoms with Crippen molar-refractivity contribution in [1.29, 1.82) is 0 Å². The topological polar surface area (TPSA) is 74.2 Å². The molecule has 0 bridgehead atoms. The maximum absolute atomic E-state index is 5.49. The Labute approximate surface area is 99.6 Å². The molecule has 0 atom stereocenters. The Hall–Kier alpha value is -1.88. The van der Waals surface area contributed by atoms with Gasteiger partial charge in [0.05, 0.1) is 13.2 Å². The summed E-state index contributed by atoms with van der Waals surface area (Å²) in [5, 5.41) is 7.72. The zero-order chi connectivity index (χ0) is 12.1. The van der Waals surface area contributed by atoms with Gasteiger partial charge in [0, 0.05) is 5.56 Å². The van der Waals surface area contributed by atoms with Gasteiger partial charge in [-0.1, -0.05) is 6.92 Å². The molecule has 2 aromatic rings. The quantitative estimate of drug-likeness (QED) is 0.854. The summed E-state index contributed by atoms with van der Waals surface area (Å²) in [6.45, 7) is 3.04. The van der Waals surface area contributed by atoms with E-state index in [4.69, 9.17) is 14.9 Å². The molecule has 0 aliphatic heterocycles. The third kappa shape index (κ3) is 2.82. The first-order valence-corrected chi connectivity index (χ1v) is 5.59. The molecule has 0 fully saturated rings. The van der Waals surface area contributed by atoms with E-state index in [-0.39, 0.29) is 6.54 Å². The largest absolute Gasteiger partial charge is 0.494 e. The lowest BCUT2D eigenvalue weighted by Gasteiger charge is -2.03. The van der Waals surface area contributed by atoms with Crippen LogP contribution in [0.15, 0.2) is 28.7 Å². The van der Waals surface area contributed by atoms with Crippen LogP contribution in [0.5, 0.6) is 5.75 Å². The molecule has 0 aliphatic rings. The highest BCUT2D eigenvalue weighted by Crippen LogP contribution is 2.21. The van der Waals surface area contributed by atoms with E-state index in [0.29, 0.717) is 11.8 Å². The van der Waals surface area contributed by atoms with Gasteiger partial charge in [-0.25, -0.2) is 0 Å². The Morgan fingerprint density at radius 1 is 1.24 bits per heavy atom. The molecule has 0 saturated carbocycles. The number of nitrogens with zero attached hydrogens (tertiary/aromatic N) is 2. The second kappa shape index (κ2) is 5.45.